The molecule has 2 heterocycles. The van der Waals surface area contributed by atoms with Crippen LogP contribution >= 0.6 is 11.6 Å². The summed E-state index contributed by atoms with van der Waals surface area (Å²) in [6.45, 7) is 4.35. The number of nitrogens with zero attached hydrogens (tertiary/aromatic N) is 2. The van der Waals surface area contributed by atoms with Gasteiger partial charge in [-0.3, -0.25) is 0 Å². The first kappa shape index (κ1) is 11.3. The minimum atomic E-state index is 0.569. The molecule has 0 fully saturated rings. The third-order valence-corrected chi connectivity index (χ3v) is 2.82. The topological polar surface area (TPSA) is 29.3 Å². The summed E-state index contributed by atoms with van der Waals surface area (Å²) >= 11 is 6.17. The first-order valence-corrected chi connectivity index (χ1v) is 5.84. The van der Waals surface area contributed by atoms with Crippen molar-refractivity contribution in [2.24, 2.45) is 5.92 Å². The molecular weight excluding hydrogens is 222 g/mol. The average molecular weight is 238 g/mol. The van der Waals surface area contributed by atoms with Crippen LogP contribution in [0.3, 0.4) is 0 Å². The van der Waals surface area contributed by atoms with Gasteiger partial charge in [0.2, 0.25) is 0 Å². The molecule has 86 valence electrons. The van der Waals surface area contributed by atoms with E-state index in [2.05, 4.69) is 28.5 Å². The molecular formula is C12H16ClN3. The first-order valence-electron chi connectivity index (χ1n) is 5.46. The molecule has 2 aromatic rings. The summed E-state index contributed by atoms with van der Waals surface area (Å²) in [6.07, 6.45) is 2.94. The van der Waals surface area contributed by atoms with Crippen LogP contribution in [0.4, 0.5) is 5.69 Å². The normalized spacial score (nSPS) is 11.3. The van der Waals surface area contributed by atoms with E-state index in [0.717, 1.165) is 23.4 Å². The van der Waals surface area contributed by atoms with E-state index < -0.39 is 0 Å². The van der Waals surface area contributed by atoms with Crippen LogP contribution in [0.25, 0.3) is 5.52 Å². The number of halogens is 1. The molecule has 0 saturated heterocycles. The molecule has 0 aliphatic heterocycles. The van der Waals surface area contributed by atoms with Gasteiger partial charge in [0.05, 0.1) is 5.69 Å². The summed E-state index contributed by atoms with van der Waals surface area (Å²) in [5.41, 5.74) is 1.97. The molecule has 4 heteroatoms. The number of hydrogen-bond acceptors (Lipinski definition) is 2. The quantitative estimate of drug-likeness (QED) is 0.888. The van der Waals surface area contributed by atoms with Crippen LogP contribution < -0.4 is 5.32 Å². The van der Waals surface area contributed by atoms with Gasteiger partial charge < -0.3 is 9.72 Å². The van der Waals surface area contributed by atoms with Gasteiger partial charge in [-0.1, -0.05) is 25.4 Å². The predicted molar refractivity (Wildman–Crippen MR) is 68.3 cm³/mol. The fourth-order valence-electron chi connectivity index (χ4n) is 1.87. The van der Waals surface area contributed by atoms with E-state index in [4.69, 9.17) is 11.6 Å². The highest BCUT2D eigenvalue weighted by atomic mass is 35.5. The fourth-order valence-corrected chi connectivity index (χ4v) is 2.16. The minimum Gasteiger partial charge on any atom is -0.386 e. The third kappa shape index (κ3) is 1.87. The van der Waals surface area contributed by atoms with Crippen molar-refractivity contribution < 1.29 is 0 Å². The van der Waals surface area contributed by atoms with Crippen molar-refractivity contribution in [3.8, 4) is 0 Å². The molecule has 0 unspecified atom stereocenters. The Balaban J connectivity index is 2.62. The Labute approximate surface area is 100 Å². The van der Waals surface area contributed by atoms with Gasteiger partial charge in [-0.2, -0.15) is 0 Å². The van der Waals surface area contributed by atoms with Crippen molar-refractivity contribution in [2.45, 2.75) is 20.3 Å². The van der Waals surface area contributed by atoms with Gasteiger partial charge in [0, 0.05) is 19.7 Å². The van der Waals surface area contributed by atoms with Crippen LogP contribution in [0.2, 0.25) is 5.15 Å². The number of nitrogens with one attached hydrogen (secondary N) is 1. The Morgan fingerprint density at radius 3 is 2.88 bits per heavy atom. The second-order valence-electron chi connectivity index (χ2n) is 4.31. The summed E-state index contributed by atoms with van der Waals surface area (Å²) in [5, 5.41) is 3.70. The molecule has 0 amide bonds. The van der Waals surface area contributed by atoms with Crippen molar-refractivity contribution in [1.82, 2.24) is 9.38 Å². The molecule has 0 spiro atoms. The number of aromatic nitrogens is 2. The molecule has 2 aromatic heterocycles. The molecule has 0 aliphatic rings. The number of imidazole rings is 1. The van der Waals surface area contributed by atoms with E-state index in [-0.39, 0.29) is 0 Å². The Kier molecular flexibility index (Phi) is 3.06. The van der Waals surface area contributed by atoms with Gasteiger partial charge in [-0.15, -0.1) is 0 Å². The summed E-state index contributed by atoms with van der Waals surface area (Å²) in [4.78, 5) is 4.43. The maximum atomic E-state index is 6.17. The van der Waals surface area contributed by atoms with Crippen molar-refractivity contribution in [3.05, 3.63) is 29.3 Å². The van der Waals surface area contributed by atoms with E-state index in [9.17, 15) is 0 Å². The number of anilines is 1. The fraction of sp³-hybridized carbons (Fsp3) is 0.417. The summed E-state index contributed by atoms with van der Waals surface area (Å²) < 4.78 is 2.06. The zero-order chi connectivity index (χ0) is 11.7. The molecule has 0 aromatic carbocycles. The molecule has 0 aliphatic carbocycles. The molecule has 16 heavy (non-hydrogen) atoms. The van der Waals surface area contributed by atoms with E-state index >= 15 is 0 Å². The van der Waals surface area contributed by atoms with Gasteiger partial charge in [-0.05, 0) is 18.1 Å². The first-order chi connectivity index (χ1) is 7.63. The summed E-state index contributed by atoms with van der Waals surface area (Å²) in [6, 6.07) is 4.00. The molecule has 0 atom stereocenters. The maximum absolute atomic E-state index is 6.17. The zero-order valence-corrected chi connectivity index (χ0v) is 10.5. The highest BCUT2D eigenvalue weighted by Gasteiger charge is 2.12. The smallest absolute Gasteiger partial charge is 0.157 e. The second-order valence-corrected chi connectivity index (χ2v) is 4.67. The van der Waals surface area contributed by atoms with E-state index in [1.54, 1.807) is 0 Å². The van der Waals surface area contributed by atoms with Crippen molar-refractivity contribution in [3.63, 3.8) is 0 Å². The van der Waals surface area contributed by atoms with E-state index in [0.29, 0.717) is 11.1 Å². The minimum absolute atomic E-state index is 0.569. The number of hydrogen-bond donors (Lipinski definition) is 1. The third-order valence-electron chi connectivity index (χ3n) is 2.55. The van der Waals surface area contributed by atoms with Crippen LogP contribution in [0.1, 0.15) is 19.7 Å². The molecule has 0 saturated carbocycles. The Hall–Kier alpha value is -1.22. The lowest BCUT2D eigenvalue weighted by atomic mass is 10.1. The highest BCUT2D eigenvalue weighted by Crippen LogP contribution is 2.26. The van der Waals surface area contributed by atoms with Gasteiger partial charge in [-0.25, -0.2) is 4.98 Å². The number of rotatable bonds is 3. The summed E-state index contributed by atoms with van der Waals surface area (Å²) in [5.74, 6) is 1.59. The number of pyridine rings is 1. The Morgan fingerprint density at radius 2 is 2.25 bits per heavy atom. The Morgan fingerprint density at radius 1 is 1.50 bits per heavy atom. The molecule has 0 radical (unpaired) electrons. The van der Waals surface area contributed by atoms with Crippen molar-refractivity contribution in [2.75, 3.05) is 12.4 Å². The van der Waals surface area contributed by atoms with Crippen LogP contribution in [-0.2, 0) is 6.42 Å². The SMILES string of the molecule is CNc1cccn2c(CC(C)C)nc(Cl)c12. The molecule has 3 nitrogen and oxygen atoms in total. The van der Waals surface area contributed by atoms with Crippen LogP contribution in [0, 0.1) is 5.92 Å². The van der Waals surface area contributed by atoms with Crippen molar-refractivity contribution in [1.29, 1.82) is 0 Å². The largest absolute Gasteiger partial charge is 0.386 e. The van der Waals surface area contributed by atoms with Gasteiger partial charge in [0.1, 0.15) is 11.3 Å². The zero-order valence-electron chi connectivity index (χ0n) is 9.79. The number of fused-ring (bicyclic) bond motifs is 1. The van der Waals surface area contributed by atoms with E-state index in [1.807, 2.05) is 25.4 Å². The molecule has 1 N–H and O–H groups in total. The van der Waals surface area contributed by atoms with Crippen LogP contribution in [0.5, 0.6) is 0 Å². The molecule has 0 bridgehead atoms. The lowest BCUT2D eigenvalue weighted by Crippen LogP contribution is -2.01. The van der Waals surface area contributed by atoms with Gasteiger partial charge in [0.25, 0.3) is 0 Å². The van der Waals surface area contributed by atoms with Gasteiger partial charge in [0.15, 0.2) is 5.15 Å². The highest BCUT2D eigenvalue weighted by molar-refractivity contribution is 6.33. The van der Waals surface area contributed by atoms with Gasteiger partial charge >= 0.3 is 0 Å². The average Bonchev–Trinajstić information content (AvgIpc) is 2.55. The lowest BCUT2D eigenvalue weighted by molar-refractivity contribution is 0.619. The second kappa shape index (κ2) is 4.34. The summed E-state index contributed by atoms with van der Waals surface area (Å²) in [7, 11) is 1.89. The lowest BCUT2D eigenvalue weighted by Gasteiger charge is -2.06. The molecule has 2 rings (SSSR count). The van der Waals surface area contributed by atoms with Crippen LogP contribution in [-0.4, -0.2) is 16.4 Å². The van der Waals surface area contributed by atoms with Crippen molar-refractivity contribution >= 4 is 22.8 Å². The standard InChI is InChI=1S/C12H16ClN3/c1-8(2)7-10-15-12(13)11-9(14-3)5-4-6-16(10)11/h4-6,8,14H,7H2,1-3H3. The maximum Gasteiger partial charge on any atom is 0.157 e. The van der Waals surface area contributed by atoms with Crippen LogP contribution in [0.15, 0.2) is 18.3 Å². The monoisotopic (exact) mass is 237 g/mol. The predicted octanol–water partition coefficient (Wildman–Crippen LogP) is 3.23. The van der Waals surface area contributed by atoms with E-state index in [1.165, 1.54) is 0 Å². The Bertz CT molecular complexity index is 502.